The molecule has 7 nitrogen and oxygen atoms in total. The highest BCUT2D eigenvalue weighted by molar-refractivity contribution is 5.88. The average molecular weight is 353 g/mol. The minimum absolute atomic E-state index is 0.297. The van der Waals surface area contributed by atoms with Gasteiger partial charge in [0.25, 0.3) is 0 Å². The molecule has 1 N–H and O–H groups in total. The monoisotopic (exact) mass is 353 g/mol. The van der Waals surface area contributed by atoms with Crippen LogP contribution in [0.2, 0.25) is 0 Å². The lowest BCUT2D eigenvalue weighted by atomic mass is 9.60. The van der Waals surface area contributed by atoms with Crippen molar-refractivity contribution in [3.05, 3.63) is 18.3 Å². The Balaban J connectivity index is 1.48. The van der Waals surface area contributed by atoms with E-state index < -0.39 is 5.97 Å². The fourth-order valence-corrected chi connectivity index (χ4v) is 4.81. The zero-order valence-corrected chi connectivity index (χ0v) is 14.9. The first kappa shape index (κ1) is 15.8. The molecule has 3 saturated heterocycles. The van der Waals surface area contributed by atoms with E-state index in [1.807, 2.05) is 12.1 Å². The van der Waals surface area contributed by atoms with Crippen LogP contribution in [0.1, 0.15) is 26.2 Å². The van der Waals surface area contributed by atoms with Gasteiger partial charge in [0.05, 0.1) is 5.39 Å². The Labute approximate surface area is 152 Å². The number of carbonyl (C=O) groups is 1. The van der Waals surface area contributed by atoms with Gasteiger partial charge in [-0.25, -0.2) is 4.98 Å². The largest absolute Gasteiger partial charge is 0.481 e. The number of hydrogen-bond acceptors (Lipinski definition) is 6. The summed E-state index contributed by atoms with van der Waals surface area (Å²) < 4.78 is 0. The summed E-state index contributed by atoms with van der Waals surface area (Å²) in [4.78, 5) is 29.7. The molecular formula is C19H23N5O2. The van der Waals surface area contributed by atoms with E-state index in [1.165, 1.54) is 6.42 Å². The molecule has 4 aliphatic rings. The third-order valence-corrected chi connectivity index (χ3v) is 6.45. The third kappa shape index (κ3) is 2.40. The Morgan fingerprint density at radius 3 is 2.77 bits per heavy atom. The van der Waals surface area contributed by atoms with Crippen molar-refractivity contribution in [2.75, 3.05) is 29.4 Å². The molecule has 0 aromatic carbocycles. The van der Waals surface area contributed by atoms with E-state index >= 15 is 0 Å². The van der Waals surface area contributed by atoms with E-state index in [4.69, 9.17) is 10.1 Å². The van der Waals surface area contributed by atoms with Gasteiger partial charge in [0.2, 0.25) is 5.95 Å². The maximum atomic E-state index is 11.1. The number of aliphatic carboxylic acids is 1. The van der Waals surface area contributed by atoms with Gasteiger partial charge in [-0.05, 0) is 49.7 Å². The molecule has 136 valence electrons. The highest BCUT2D eigenvalue weighted by Gasteiger charge is 2.47. The van der Waals surface area contributed by atoms with E-state index in [-0.39, 0.29) is 0 Å². The molecule has 4 atom stereocenters. The molecule has 26 heavy (non-hydrogen) atoms. The summed E-state index contributed by atoms with van der Waals surface area (Å²) >= 11 is 0. The topological polar surface area (TPSA) is 82.5 Å². The second-order valence-corrected chi connectivity index (χ2v) is 7.98. The molecule has 7 heteroatoms. The number of anilines is 2. The molecular weight excluding hydrogens is 330 g/mol. The van der Waals surface area contributed by atoms with Crippen LogP contribution in [0.5, 0.6) is 0 Å². The fraction of sp³-hybridized carbons (Fsp3) is 0.579. The lowest BCUT2D eigenvalue weighted by Crippen LogP contribution is -2.56. The van der Waals surface area contributed by atoms with Gasteiger partial charge in [-0.15, -0.1) is 0 Å². The lowest BCUT2D eigenvalue weighted by molar-refractivity contribution is -0.141. The van der Waals surface area contributed by atoms with Crippen molar-refractivity contribution in [1.29, 1.82) is 0 Å². The van der Waals surface area contributed by atoms with Crippen molar-refractivity contribution in [3.63, 3.8) is 0 Å². The number of pyridine rings is 1. The van der Waals surface area contributed by atoms with Crippen molar-refractivity contribution >= 4 is 28.8 Å². The number of hydrogen-bond donors (Lipinski definition) is 1. The highest BCUT2D eigenvalue weighted by Crippen LogP contribution is 2.48. The van der Waals surface area contributed by atoms with Crippen LogP contribution < -0.4 is 9.80 Å². The Morgan fingerprint density at radius 2 is 2.12 bits per heavy atom. The van der Waals surface area contributed by atoms with Gasteiger partial charge in [-0.2, -0.15) is 9.97 Å². The second kappa shape index (κ2) is 5.79. The minimum Gasteiger partial charge on any atom is -0.481 e. The van der Waals surface area contributed by atoms with Gasteiger partial charge < -0.3 is 14.9 Å². The maximum Gasteiger partial charge on any atom is 0.303 e. The second-order valence-electron chi connectivity index (χ2n) is 7.98. The first-order valence-corrected chi connectivity index (χ1v) is 9.46. The Kier molecular flexibility index (Phi) is 3.52. The van der Waals surface area contributed by atoms with Crippen molar-refractivity contribution in [3.8, 4) is 0 Å². The summed E-state index contributed by atoms with van der Waals surface area (Å²) in [5.74, 6) is 2.29. The zero-order valence-electron chi connectivity index (χ0n) is 14.9. The van der Waals surface area contributed by atoms with Crippen molar-refractivity contribution in [2.24, 2.45) is 17.8 Å². The molecule has 0 amide bonds. The van der Waals surface area contributed by atoms with Crippen LogP contribution >= 0.6 is 0 Å². The first-order chi connectivity index (χ1) is 12.6. The number of rotatable bonds is 4. The van der Waals surface area contributed by atoms with E-state index in [2.05, 4.69) is 26.7 Å². The van der Waals surface area contributed by atoms with Gasteiger partial charge >= 0.3 is 5.97 Å². The quantitative estimate of drug-likeness (QED) is 0.902. The van der Waals surface area contributed by atoms with Crippen molar-refractivity contribution in [2.45, 2.75) is 32.2 Å². The Hall–Kier alpha value is -2.44. The summed E-state index contributed by atoms with van der Waals surface area (Å²) in [6.45, 7) is 4.95. The first-order valence-electron chi connectivity index (χ1n) is 9.46. The molecule has 2 bridgehead atoms. The summed E-state index contributed by atoms with van der Waals surface area (Å²) in [5.41, 5.74) is 0.743. The van der Waals surface area contributed by atoms with E-state index in [1.54, 1.807) is 6.20 Å². The van der Waals surface area contributed by atoms with Gasteiger partial charge in [-0.1, -0.05) is 0 Å². The SMILES string of the molecule is C[C@H]1CCN1c1nc(N2C[C@H]3C[C@@H](C2)[C@@H]3CC(=O)O)c2cccnc2n1. The number of aromatic nitrogens is 3. The molecule has 6 rings (SSSR count). The number of piperidine rings is 2. The third-order valence-electron chi connectivity index (χ3n) is 6.45. The van der Waals surface area contributed by atoms with Gasteiger partial charge in [0.15, 0.2) is 5.65 Å². The van der Waals surface area contributed by atoms with Gasteiger partial charge in [0, 0.05) is 38.3 Å². The van der Waals surface area contributed by atoms with Crippen LogP contribution in [0.15, 0.2) is 18.3 Å². The van der Waals surface area contributed by atoms with Crippen molar-refractivity contribution < 1.29 is 9.90 Å². The van der Waals surface area contributed by atoms with Crippen molar-refractivity contribution in [1.82, 2.24) is 15.0 Å². The molecule has 0 radical (unpaired) electrons. The molecule has 4 fully saturated rings. The number of carboxylic acid groups (broad SMARTS) is 1. The minimum atomic E-state index is -0.677. The fourth-order valence-electron chi connectivity index (χ4n) is 4.81. The standard InChI is InChI=1S/C19H23N5O2/c1-11-4-6-24(11)19-21-17-14(3-2-5-20-17)18(22-19)23-9-12-7-13(10-23)15(12)8-16(25)26/h2-3,5,11-13,15H,4,6-10H2,1H3,(H,25,26)/t11-,12-,13+,15-/m0/s1. The zero-order chi connectivity index (χ0) is 17.8. The summed E-state index contributed by atoms with van der Waals surface area (Å²) in [5, 5.41) is 10.1. The van der Waals surface area contributed by atoms with Crippen LogP contribution in [-0.2, 0) is 4.79 Å². The summed E-state index contributed by atoms with van der Waals surface area (Å²) in [6, 6.07) is 4.44. The molecule has 2 aromatic heterocycles. The molecule has 5 heterocycles. The van der Waals surface area contributed by atoms with E-state index in [0.29, 0.717) is 30.2 Å². The predicted molar refractivity (Wildman–Crippen MR) is 98.3 cm³/mol. The van der Waals surface area contributed by atoms with Crippen LogP contribution in [0.25, 0.3) is 11.0 Å². The number of nitrogens with zero attached hydrogens (tertiary/aromatic N) is 5. The number of carboxylic acids is 1. The lowest BCUT2D eigenvalue weighted by Gasteiger charge is -2.53. The maximum absolute atomic E-state index is 11.1. The van der Waals surface area contributed by atoms with E-state index in [9.17, 15) is 4.79 Å². The van der Waals surface area contributed by atoms with Crippen LogP contribution in [-0.4, -0.2) is 51.7 Å². The Morgan fingerprint density at radius 1 is 1.31 bits per heavy atom. The summed E-state index contributed by atoms with van der Waals surface area (Å²) in [7, 11) is 0. The van der Waals surface area contributed by atoms with Gasteiger partial charge in [0.1, 0.15) is 5.82 Å². The Bertz CT molecular complexity index is 860. The van der Waals surface area contributed by atoms with E-state index in [0.717, 1.165) is 48.9 Å². The molecule has 0 spiro atoms. The molecule has 1 aliphatic carbocycles. The van der Waals surface area contributed by atoms with Gasteiger partial charge in [-0.3, -0.25) is 4.79 Å². The summed E-state index contributed by atoms with van der Waals surface area (Å²) in [6.07, 6.45) is 4.39. The van der Waals surface area contributed by atoms with Crippen LogP contribution in [0.3, 0.4) is 0 Å². The predicted octanol–water partition coefficient (Wildman–Crippen LogP) is 2.17. The van der Waals surface area contributed by atoms with Crippen LogP contribution in [0.4, 0.5) is 11.8 Å². The molecule has 3 aliphatic heterocycles. The molecule has 1 saturated carbocycles. The normalized spacial score (nSPS) is 30.0. The molecule has 0 unspecified atom stereocenters. The van der Waals surface area contributed by atoms with Crippen LogP contribution in [0, 0.1) is 17.8 Å². The average Bonchev–Trinajstić information content (AvgIpc) is 2.64. The smallest absolute Gasteiger partial charge is 0.303 e. The molecule has 2 aromatic rings. The number of fused-ring (bicyclic) bond motifs is 3. The highest BCUT2D eigenvalue weighted by atomic mass is 16.4.